The Morgan fingerprint density at radius 3 is 2.55 bits per heavy atom. The molecule has 1 N–H and O–H groups in total. The van der Waals surface area contributed by atoms with Gasteiger partial charge in [0.2, 0.25) is 0 Å². The van der Waals surface area contributed by atoms with Crippen LogP contribution in [0.4, 0.5) is 10.1 Å². The first-order valence-corrected chi connectivity index (χ1v) is 10.6. The molecule has 0 saturated heterocycles. The summed E-state index contributed by atoms with van der Waals surface area (Å²) < 4.78 is 25.7. The molecule has 2 aliphatic heterocycles. The van der Waals surface area contributed by atoms with E-state index in [4.69, 9.17) is 9.47 Å². The lowest BCUT2D eigenvalue weighted by atomic mass is 9.80. The number of rotatable bonds is 3. The van der Waals surface area contributed by atoms with Gasteiger partial charge in [-0.15, -0.1) is 0 Å². The summed E-state index contributed by atoms with van der Waals surface area (Å²) in [6, 6.07) is 16.9. The third-order valence-electron chi connectivity index (χ3n) is 6.08. The van der Waals surface area contributed by atoms with E-state index < -0.39 is 0 Å². The summed E-state index contributed by atoms with van der Waals surface area (Å²) in [5.41, 5.74) is 7.68. The van der Waals surface area contributed by atoms with Crippen LogP contribution in [0.1, 0.15) is 43.6 Å². The SMILES string of the molecule is CC1=CC(C)(C)Nc2ccc3c(c21)C(Cc1ccc(F)cc1)Oc1cccc(O[11CH3])c1-3. The number of fused-ring (bicyclic) bond motifs is 5. The summed E-state index contributed by atoms with van der Waals surface area (Å²) >= 11 is 0. The van der Waals surface area contributed by atoms with Gasteiger partial charge in [-0.3, -0.25) is 0 Å². The monoisotopic (exact) mass is 414 g/mol. The van der Waals surface area contributed by atoms with Gasteiger partial charge >= 0.3 is 0 Å². The summed E-state index contributed by atoms with van der Waals surface area (Å²) in [5, 5.41) is 3.65. The Morgan fingerprint density at radius 1 is 1.03 bits per heavy atom. The molecule has 5 rings (SSSR count). The molecule has 158 valence electrons. The highest BCUT2D eigenvalue weighted by Crippen LogP contribution is 2.52. The molecule has 0 amide bonds. The van der Waals surface area contributed by atoms with Crippen molar-refractivity contribution in [3.8, 4) is 22.6 Å². The van der Waals surface area contributed by atoms with Crippen molar-refractivity contribution in [1.82, 2.24) is 0 Å². The van der Waals surface area contributed by atoms with Crippen molar-refractivity contribution < 1.29 is 13.9 Å². The number of halogens is 1. The molecule has 3 aromatic carbocycles. The van der Waals surface area contributed by atoms with Gasteiger partial charge in [0.1, 0.15) is 23.4 Å². The summed E-state index contributed by atoms with van der Waals surface area (Å²) in [6.45, 7) is 6.50. The van der Waals surface area contributed by atoms with Crippen LogP contribution in [0.2, 0.25) is 0 Å². The van der Waals surface area contributed by atoms with Crippen LogP contribution in [0.5, 0.6) is 11.5 Å². The first-order chi connectivity index (χ1) is 14.9. The van der Waals surface area contributed by atoms with Crippen molar-refractivity contribution in [1.29, 1.82) is 0 Å². The van der Waals surface area contributed by atoms with Crippen molar-refractivity contribution >= 4 is 11.3 Å². The van der Waals surface area contributed by atoms with Crippen LogP contribution >= 0.6 is 0 Å². The molecule has 31 heavy (non-hydrogen) atoms. The standard InChI is InChI=1S/C27H26FNO2/c1-16-15-27(2,3)29-20-13-12-19-25-21(30-4)6-5-7-22(25)31-23(26(19)24(16)20)14-17-8-10-18(28)11-9-17/h5-13,15,23,29H,14H2,1-4H3/i4-1. The second-order valence-corrected chi connectivity index (χ2v) is 8.89. The molecular formula is C27H26FNO2. The minimum atomic E-state index is -0.230. The fourth-order valence-electron chi connectivity index (χ4n) is 4.93. The van der Waals surface area contributed by atoms with Crippen LogP contribution in [0.25, 0.3) is 16.7 Å². The number of allylic oxidation sites excluding steroid dienone is 1. The highest BCUT2D eigenvalue weighted by atomic mass is 19.1. The first kappa shape index (κ1) is 19.7. The number of hydrogen-bond donors (Lipinski definition) is 1. The minimum absolute atomic E-state index is 0.122. The van der Waals surface area contributed by atoms with Crippen LogP contribution in [0, 0.1) is 5.82 Å². The van der Waals surface area contributed by atoms with Gasteiger partial charge in [-0.1, -0.05) is 30.3 Å². The van der Waals surface area contributed by atoms with Crippen molar-refractivity contribution in [3.63, 3.8) is 0 Å². The maximum atomic E-state index is 13.5. The number of methoxy groups -OCH3 is 1. The molecule has 1 atom stereocenters. The van der Waals surface area contributed by atoms with Crippen molar-refractivity contribution in [2.24, 2.45) is 0 Å². The maximum Gasteiger partial charge on any atom is 0.131 e. The van der Waals surface area contributed by atoms with E-state index in [0.717, 1.165) is 39.4 Å². The fourth-order valence-corrected chi connectivity index (χ4v) is 4.93. The molecule has 2 aliphatic rings. The number of hydrogen-bond acceptors (Lipinski definition) is 3. The van der Waals surface area contributed by atoms with E-state index in [-0.39, 0.29) is 17.5 Å². The molecule has 0 radical (unpaired) electrons. The van der Waals surface area contributed by atoms with Gasteiger partial charge in [-0.25, -0.2) is 4.39 Å². The van der Waals surface area contributed by atoms with Crippen LogP contribution in [-0.4, -0.2) is 12.6 Å². The summed E-state index contributed by atoms with van der Waals surface area (Å²) in [4.78, 5) is 0. The Bertz CT molecular complexity index is 1190. The Balaban J connectivity index is 1.73. The molecule has 4 heteroatoms. The average molecular weight is 415 g/mol. The molecule has 3 nitrogen and oxygen atoms in total. The maximum absolute atomic E-state index is 13.5. The van der Waals surface area contributed by atoms with Gasteiger partial charge in [0.05, 0.1) is 18.2 Å². The largest absolute Gasteiger partial charge is 0.496 e. The van der Waals surface area contributed by atoms with Gasteiger partial charge in [0.25, 0.3) is 0 Å². The summed E-state index contributed by atoms with van der Waals surface area (Å²) in [7, 11) is 1.69. The predicted molar refractivity (Wildman–Crippen MR) is 123 cm³/mol. The molecule has 2 heterocycles. The smallest absolute Gasteiger partial charge is 0.131 e. The molecule has 1 unspecified atom stereocenters. The highest BCUT2D eigenvalue weighted by molar-refractivity contribution is 5.91. The zero-order chi connectivity index (χ0) is 21.8. The number of benzene rings is 3. The molecule has 3 aromatic rings. The van der Waals surface area contributed by atoms with Crippen LogP contribution in [-0.2, 0) is 6.42 Å². The van der Waals surface area contributed by atoms with E-state index in [1.807, 2.05) is 30.3 Å². The van der Waals surface area contributed by atoms with E-state index in [1.54, 1.807) is 7.11 Å². The molecule has 0 aromatic heterocycles. The van der Waals surface area contributed by atoms with E-state index >= 15 is 0 Å². The lowest BCUT2D eigenvalue weighted by molar-refractivity contribution is 0.201. The quantitative estimate of drug-likeness (QED) is 0.512. The molecule has 0 spiro atoms. The lowest BCUT2D eigenvalue weighted by Crippen LogP contribution is -2.32. The second-order valence-electron chi connectivity index (χ2n) is 8.89. The topological polar surface area (TPSA) is 30.5 Å². The highest BCUT2D eigenvalue weighted by Gasteiger charge is 2.34. The van der Waals surface area contributed by atoms with Gasteiger partial charge in [-0.05, 0) is 67.8 Å². The third kappa shape index (κ3) is 3.36. The number of anilines is 1. The van der Waals surface area contributed by atoms with Crippen molar-refractivity contribution in [2.45, 2.75) is 38.8 Å². The fraction of sp³-hybridized carbons (Fsp3) is 0.259. The zero-order valence-corrected chi connectivity index (χ0v) is 18.3. The zero-order valence-electron chi connectivity index (χ0n) is 18.3. The first-order valence-electron chi connectivity index (χ1n) is 10.6. The summed E-state index contributed by atoms with van der Waals surface area (Å²) in [6.07, 6.45) is 2.72. The Hall–Kier alpha value is -3.27. The number of nitrogens with one attached hydrogen (secondary N) is 1. The molecular weight excluding hydrogens is 388 g/mol. The van der Waals surface area contributed by atoms with Gasteiger partial charge in [0, 0.05) is 23.2 Å². The van der Waals surface area contributed by atoms with Crippen LogP contribution < -0.4 is 14.8 Å². The molecule has 0 saturated carbocycles. The van der Waals surface area contributed by atoms with Crippen molar-refractivity contribution in [3.05, 3.63) is 83.2 Å². The normalized spacial score (nSPS) is 18.0. The van der Waals surface area contributed by atoms with Crippen molar-refractivity contribution in [2.75, 3.05) is 12.4 Å². The molecule has 0 aliphatic carbocycles. The van der Waals surface area contributed by atoms with E-state index in [0.29, 0.717) is 6.42 Å². The third-order valence-corrected chi connectivity index (χ3v) is 6.08. The van der Waals surface area contributed by atoms with E-state index in [9.17, 15) is 4.39 Å². The Morgan fingerprint density at radius 2 is 1.81 bits per heavy atom. The molecule has 0 fully saturated rings. The minimum Gasteiger partial charge on any atom is -0.496 e. The van der Waals surface area contributed by atoms with Gasteiger partial charge in [-0.2, -0.15) is 0 Å². The predicted octanol–water partition coefficient (Wildman–Crippen LogP) is 6.78. The van der Waals surface area contributed by atoms with Gasteiger partial charge < -0.3 is 14.8 Å². The Labute approximate surface area is 182 Å². The van der Waals surface area contributed by atoms with E-state index in [1.165, 1.54) is 23.3 Å². The Kier molecular flexibility index (Phi) is 4.54. The lowest BCUT2D eigenvalue weighted by Gasteiger charge is -2.37. The summed E-state index contributed by atoms with van der Waals surface area (Å²) in [5.74, 6) is 1.38. The second kappa shape index (κ2) is 7.16. The number of ether oxygens (including phenoxy) is 2. The van der Waals surface area contributed by atoms with E-state index in [2.05, 4.69) is 44.3 Å². The average Bonchev–Trinajstić information content (AvgIpc) is 2.73. The van der Waals surface area contributed by atoms with Gasteiger partial charge in [0.15, 0.2) is 0 Å². The molecule has 0 bridgehead atoms. The van der Waals surface area contributed by atoms with Crippen LogP contribution in [0.15, 0.2) is 60.7 Å². The van der Waals surface area contributed by atoms with Crippen LogP contribution in [0.3, 0.4) is 0 Å².